The molecule has 2 atom stereocenters. The van der Waals surface area contributed by atoms with E-state index in [4.69, 9.17) is 4.74 Å². The Hall–Kier alpha value is -1.42. The lowest BCUT2D eigenvalue weighted by atomic mass is 9.90. The molecule has 4 nitrogen and oxygen atoms in total. The maximum atomic E-state index is 11.7. The second kappa shape index (κ2) is 4.61. The third kappa shape index (κ3) is 2.07. The highest BCUT2D eigenvalue weighted by Crippen LogP contribution is 2.32. The van der Waals surface area contributed by atoms with E-state index in [9.17, 15) is 4.79 Å². The van der Waals surface area contributed by atoms with Crippen molar-refractivity contribution >= 4 is 5.97 Å². The molecule has 2 rings (SSSR count). The summed E-state index contributed by atoms with van der Waals surface area (Å²) in [4.78, 5) is 17.9. The molecule has 0 unspecified atom stereocenters. The summed E-state index contributed by atoms with van der Waals surface area (Å²) in [6, 6.07) is 3.93. The van der Waals surface area contributed by atoms with Gasteiger partial charge in [0, 0.05) is 31.4 Å². The van der Waals surface area contributed by atoms with Crippen LogP contribution in [0.4, 0.5) is 0 Å². The molecule has 0 saturated carbocycles. The molecule has 1 saturated heterocycles. The Morgan fingerprint density at radius 1 is 1.56 bits per heavy atom. The number of hydrogen-bond donors (Lipinski definition) is 0. The molecule has 16 heavy (non-hydrogen) atoms. The summed E-state index contributed by atoms with van der Waals surface area (Å²) in [5.41, 5.74) is 1.11. The van der Waals surface area contributed by atoms with Crippen LogP contribution in [0.3, 0.4) is 0 Å². The van der Waals surface area contributed by atoms with Crippen molar-refractivity contribution in [3.8, 4) is 0 Å². The van der Waals surface area contributed by atoms with Crippen LogP contribution in [0.1, 0.15) is 11.5 Å². The lowest BCUT2D eigenvalue weighted by Crippen LogP contribution is -2.23. The van der Waals surface area contributed by atoms with Gasteiger partial charge in [0.25, 0.3) is 0 Å². The summed E-state index contributed by atoms with van der Waals surface area (Å²) in [6.45, 7) is 1.64. The summed E-state index contributed by atoms with van der Waals surface area (Å²) in [5, 5.41) is 0. The first-order valence-electron chi connectivity index (χ1n) is 5.38. The molecule has 0 radical (unpaired) electrons. The van der Waals surface area contributed by atoms with Gasteiger partial charge in [-0.25, -0.2) is 0 Å². The molecule has 2 heterocycles. The zero-order valence-electron chi connectivity index (χ0n) is 9.59. The van der Waals surface area contributed by atoms with Crippen LogP contribution in [0.2, 0.25) is 0 Å². The van der Waals surface area contributed by atoms with E-state index in [1.54, 1.807) is 6.20 Å². The minimum atomic E-state index is -0.127. The number of aromatic nitrogens is 1. The third-order valence-corrected chi connectivity index (χ3v) is 3.12. The lowest BCUT2D eigenvalue weighted by molar-refractivity contribution is -0.145. The number of carbonyl (C=O) groups is 1. The van der Waals surface area contributed by atoms with Crippen LogP contribution in [-0.4, -0.2) is 43.1 Å². The van der Waals surface area contributed by atoms with E-state index in [-0.39, 0.29) is 17.8 Å². The Kier molecular flexibility index (Phi) is 3.19. The zero-order chi connectivity index (χ0) is 11.5. The molecule has 0 N–H and O–H groups in total. The summed E-state index contributed by atoms with van der Waals surface area (Å²) in [7, 11) is 3.47. The highest BCUT2D eigenvalue weighted by Gasteiger charge is 2.37. The van der Waals surface area contributed by atoms with E-state index in [0.29, 0.717) is 0 Å². The van der Waals surface area contributed by atoms with Gasteiger partial charge in [-0.3, -0.25) is 9.78 Å². The van der Waals surface area contributed by atoms with Crippen LogP contribution in [0, 0.1) is 5.92 Å². The molecule has 0 amide bonds. The number of pyridine rings is 1. The Morgan fingerprint density at radius 2 is 2.38 bits per heavy atom. The van der Waals surface area contributed by atoms with Crippen LogP contribution < -0.4 is 0 Å². The molecule has 0 aromatic carbocycles. The molecule has 1 aromatic heterocycles. The smallest absolute Gasteiger partial charge is 0.310 e. The first-order valence-corrected chi connectivity index (χ1v) is 5.38. The van der Waals surface area contributed by atoms with Crippen LogP contribution in [-0.2, 0) is 9.53 Å². The van der Waals surface area contributed by atoms with E-state index >= 15 is 0 Å². The number of methoxy groups -OCH3 is 1. The minimum absolute atomic E-state index is 0.0702. The van der Waals surface area contributed by atoms with Crippen molar-refractivity contribution in [1.82, 2.24) is 9.88 Å². The first-order chi connectivity index (χ1) is 7.72. The SMILES string of the molecule is COC(=O)[C@@H]1CN(C)C[C@@H]1c1cccnc1. The molecule has 4 heteroatoms. The lowest BCUT2D eigenvalue weighted by Gasteiger charge is -2.15. The molecule has 0 aliphatic carbocycles. The second-order valence-corrected chi connectivity index (χ2v) is 4.24. The maximum absolute atomic E-state index is 11.7. The van der Waals surface area contributed by atoms with Gasteiger partial charge in [0.05, 0.1) is 13.0 Å². The van der Waals surface area contributed by atoms with Crippen LogP contribution in [0.5, 0.6) is 0 Å². The molecule has 0 spiro atoms. The van der Waals surface area contributed by atoms with Crippen molar-refractivity contribution < 1.29 is 9.53 Å². The summed E-state index contributed by atoms with van der Waals surface area (Å²) < 4.78 is 4.85. The van der Waals surface area contributed by atoms with Crippen molar-refractivity contribution in [3.63, 3.8) is 0 Å². The highest BCUT2D eigenvalue weighted by molar-refractivity contribution is 5.74. The second-order valence-electron chi connectivity index (χ2n) is 4.24. The van der Waals surface area contributed by atoms with Gasteiger partial charge in [-0.05, 0) is 18.7 Å². The molecule has 1 aliphatic rings. The van der Waals surface area contributed by atoms with Crippen molar-refractivity contribution in [2.24, 2.45) is 5.92 Å². The monoisotopic (exact) mass is 220 g/mol. The Balaban J connectivity index is 2.22. The van der Waals surface area contributed by atoms with E-state index in [1.165, 1.54) is 7.11 Å². The van der Waals surface area contributed by atoms with Crippen LogP contribution >= 0.6 is 0 Å². The number of nitrogens with zero attached hydrogens (tertiary/aromatic N) is 2. The van der Waals surface area contributed by atoms with Crippen LogP contribution in [0.25, 0.3) is 0 Å². The number of carbonyl (C=O) groups excluding carboxylic acids is 1. The summed E-state index contributed by atoms with van der Waals surface area (Å²) >= 11 is 0. The maximum Gasteiger partial charge on any atom is 0.310 e. The normalized spacial score (nSPS) is 25.6. The molecule has 1 aliphatic heterocycles. The molecular formula is C12H16N2O2. The standard InChI is InChI=1S/C12H16N2O2/c1-14-7-10(9-4-3-5-13-6-9)11(8-14)12(15)16-2/h3-6,10-11H,7-8H2,1-2H3/t10-,11-/m1/s1. The number of rotatable bonds is 2. The van der Waals surface area contributed by atoms with E-state index in [0.717, 1.165) is 18.7 Å². The fourth-order valence-electron chi connectivity index (χ4n) is 2.32. The fourth-order valence-corrected chi connectivity index (χ4v) is 2.32. The molecule has 86 valence electrons. The average molecular weight is 220 g/mol. The van der Waals surface area contributed by atoms with Gasteiger partial charge in [0.15, 0.2) is 0 Å². The number of likely N-dealkylation sites (N-methyl/N-ethyl adjacent to an activating group) is 1. The summed E-state index contributed by atoms with van der Waals surface area (Å²) in [6.07, 6.45) is 3.58. The van der Waals surface area contributed by atoms with Gasteiger partial charge >= 0.3 is 5.97 Å². The van der Waals surface area contributed by atoms with Gasteiger partial charge in [0.1, 0.15) is 0 Å². The Morgan fingerprint density at radius 3 is 3.00 bits per heavy atom. The average Bonchev–Trinajstić information content (AvgIpc) is 2.71. The van der Waals surface area contributed by atoms with E-state index in [2.05, 4.69) is 9.88 Å². The molecule has 0 bridgehead atoms. The Labute approximate surface area is 95.2 Å². The number of esters is 1. The minimum Gasteiger partial charge on any atom is -0.469 e. The van der Waals surface area contributed by atoms with Gasteiger partial charge < -0.3 is 9.64 Å². The van der Waals surface area contributed by atoms with Crippen LogP contribution in [0.15, 0.2) is 24.5 Å². The number of ether oxygens (including phenoxy) is 1. The zero-order valence-corrected chi connectivity index (χ0v) is 9.59. The van der Waals surface area contributed by atoms with Gasteiger partial charge in [-0.2, -0.15) is 0 Å². The molecule has 1 fully saturated rings. The van der Waals surface area contributed by atoms with E-state index in [1.807, 2.05) is 25.4 Å². The van der Waals surface area contributed by atoms with E-state index < -0.39 is 0 Å². The predicted octanol–water partition coefficient (Wildman–Crippen LogP) is 0.900. The largest absolute Gasteiger partial charge is 0.469 e. The number of likely N-dealkylation sites (tertiary alicyclic amines) is 1. The first kappa shape index (κ1) is 11.1. The highest BCUT2D eigenvalue weighted by atomic mass is 16.5. The van der Waals surface area contributed by atoms with Gasteiger partial charge in [0.2, 0.25) is 0 Å². The van der Waals surface area contributed by atoms with Gasteiger partial charge in [-0.15, -0.1) is 0 Å². The molecular weight excluding hydrogens is 204 g/mol. The predicted molar refractivity (Wildman–Crippen MR) is 60.0 cm³/mol. The Bertz CT molecular complexity index is 367. The fraction of sp³-hybridized carbons (Fsp3) is 0.500. The topological polar surface area (TPSA) is 42.4 Å². The van der Waals surface area contributed by atoms with Crippen molar-refractivity contribution in [1.29, 1.82) is 0 Å². The third-order valence-electron chi connectivity index (χ3n) is 3.12. The van der Waals surface area contributed by atoms with Crippen molar-refractivity contribution in [3.05, 3.63) is 30.1 Å². The number of hydrogen-bond acceptors (Lipinski definition) is 4. The molecule has 1 aromatic rings. The quantitative estimate of drug-likeness (QED) is 0.694. The summed E-state index contributed by atoms with van der Waals surface area (Å²) in [5.74, 6) is 0.00329. The van der Waals surface area contributed by atoms with Crippen molar-refractivity contribution in [2.75, 3.05) is 27.2 Å². The van der Waals surface area contributed by atoms with Crippen molar-refractivity contribution in [2.45, 2.75) is 5.92 Å². The van der Waals surface area contributed by atoms with Gasteiger partial charge in [-0.1, -0.05) is 6.07 Å².